The lowest BCUT2D eigenvalue weighted by molar-refractivity contribution is -0.192. The Morgan fingerprint density at radius 2 is 0.946 bits per heavy atom. The van der Waals surface area contributed by atoms with Crippen molar-refractivity contribution in [2.24, 2.45) is 0 Å². The molecule has 2 amide bonds. The molecule has 0 bridgehead atoms. The average molecular weight is 771 g/mol. The molecule has 4 aromatic carbocycles. The summed E-state index contributed by atoms with van der Waals surface area (Å²) >= 11 is 0. The molecule has 1 aliphatic heterocycles. The maximum absolute atomic E-state index is 15.5. The number of amides is 2. The van der Waals surface area contributed by atoms with Crippen LogP contribution in [-0.2, 0) is 54.4 Å². The number of ether oxygens (including phenoxy) is 6. The molecular formula is C43H50N2O11. The van der Waals surface area contributed by atoms with Gasteiger partial charge in [0.2, 0.25) is 0 Å². The van der Waals surface area contributed by atoms with Gasteiger partial charge in [-0.25, -0.2) is 14.4 Å². The molecule has 0 aliphatic carbocycles. The number of hydrogen-bond donors (Lipinski definition) is 2. The number of carboxylic acid groups (broad SMARTS) is 2. The molecule has 1 aliphatic rings. The fourth-order valence-corrected chi connectivity index (χ4v) is 6.84. The highest BCUT2D eigenvalue weighted by Gasteiger charge is 2.49. The van der Waals surface area contributed by atoms with Gasteiger partial charge in [-0.05, 0) is 59.4 Å². The molecule has 0 unspecified atom stereocenters. The smallest absolute Gasteiger partial charge is 0.335 e. The van der Waals surface area contributed by atoms with E-state index in [2.05, 4.69) is 0 Å². The third-order valence-electron chi connectivity index (χ3n) is 9.55. The third kappa shape index (κ3) is 11.9. The van der Waals surface area contributed by atoms with Gasteiger partial charge in [0.25, 0.3) is 0 Å². The summed E-state index contributed by atoms with van der Waals surface area (Å²) in [5.41, 5.74) is 3.23. The van der Waals surface area contributed by atoms with Gasteiger partial charge >= 0.3 is 18.0 Å². The van der Waals surface area contributed by atoms with Crippen LogP contribution in [0, 0.1) is 0 Å². The van der Waals surface area contributed by atoms with Crippen LogP contribution >= 0.6 is 0 Å². The highest BCUT2D eigenvalue weighted by atomic mass is 16.7. The highest BCUT2D eigenvalue weighted by Crippen LogP contribution is 2.33. The second kappa shape index (κ2) is 21.8. The summed E-state index contributed by atoms with van der Waals surface area (Å²) < 4.78 is 35.5. The van der Waals surface area contributed by atoms with Crippen molar-refractivity contribution >= 4 is 18.0 Å². The SMILES string of the molecule is COCCOCO[C@@H]1[C@@H](OCOCCOC)[C@@H](Cc2ccccc2)N(Cc2cccc(C(=O)O)c2)C(=O)N(Cc2cccc(C(=O)O)c2)[C@@H]1Cc1ccccc1. The fourth-order valence-electron chi connectivity index (χ4n) is 6.84. The Bertz CT molecular complexity index is 1700. The van der Waals surface area contributed by atoms with Crippen LogP contribution in [0.2, 0.25) is 0 Å². The monoisotopic (exact) mass is 770 g/mol. The van der Waals surface area contributed by atoms with Gasteiger partial charge in [0.15, 0.2) is 0 Å². The lowest BCUT2D eigenvalue weighted by atomic mass is 9.90. The number of rotatable bonds is 22. The van der Waals surface area contributed by atoms with Gasteiger partial charge < -0.3 is 48.4 Å². The molecule has 4 atom stereocenters. The molecular weight excluding hydrogens is 720 g/mol. The number of benzene rings is 4. The summed E-state index contributed by atoms with van der Waals surface area (Å²) in [6.07, 6.45) is -0.948. The van der Waals surface area contributed by atoms with E-state index in [0.717, 1.165) is 11.1 Å². The van der Waals surface area contributed by atoms with E-state index >= 15 is 4.79 Å². The van der Waals surface area contributed by atoms with Crippen LogP contribution in [0.3, 0.4) is 0 Å². The molecule has 13 heteroatoms. The molecule has 4 aromatic rings. The van der Waals surface area contributed by atoms with E-state index in [1.54, 1.807) is 60.4 Å². The zero-order chi connectivity index (χ0) is 39.7. The van der Waals surface area contributed by atoms with E-state index < -0.39 is 36.2 Å². The summed E-state index contributed by atoms with van der Waals surface area (Å²) in [6, 6.07) is 30.7. The molecule has 5 rings (SSSR count). The molecule has 0 radical (unpaired) electrons. The van der Waals surface area contributed by atoms with Crippen molar-refractivity contribution in [1.29, 1.82) is 0 Å². The minimum absolute atomic E-state index is 0.0304. The van der Waals surface area contributed by atoms with Gasteiger partial charge in [-0.1, -0.05) is 84.9 Å². The summed E-state index contributed by atoms with van der Waals surface area (Å²) in [4.78, 5) is 43.1. The maximum Gasteiger partial charge on any atom is 0.335 e. The highest BCUT2D eigenvalue weighted by molar-refractivity contribution is 5.88. The van der Waals surface area contributed by atoms with E-state index in [4.69, 9.17) is 28.4 Å². The van der Waals surface area contributed by atoms with Gasteiger partial charge in [0.1, 0.15) is 25.8 Å². The zero-order valence-corrected chi connectivity index (χ0v) is 31.7. The number of carboxylic acids is 2. The van der Waals surface area contributed by atoms with Gasteiger partial charge in [-0.2, -0.15) is 0 Å². The average Bonchev–Trinajstić information content (AvgIpc) is 3.28. The standard InChI is InChI=1S/C43H50N2O11/c1-51-19-21-53-29-55-39-37(25-31-11-5-3-6-12-31)44(27-33-15-9-17-35(23-33)41(46)47)43(50)45(28-34-16-10-18-36(24-34)42(48)49)38(26-32-13-7-4-8-14-32)40(39)56-30-54-22-20-52-2/h3-18,23-24,37-40H,19-22,25-30H2,1-2H3,(H,46,47)(H,48,49)/t37-,38-,39+,40+/m1/s1. The van der Waals surface area contributed by atoms with Gasteiger partial charge in [-0.3, -0.25) is 0 Å². The first kappa shape index (κ1) is 42.0. The summed E-state index contributed by atoms with van der Waals surface area (Å²) in [5.74, 6) is -2.18. The van der Waals surface area contributed by atoms with Crippen molar-refractivity contribution in [2.45, 2.75) is 50.2 Å². The molecule has 56 heavy (non-hydrogen) atoms. The first-order chi connectivity index (χ1) is 27.3. The Labute approximate surface area is 327 Å². The Hall–Kier alpha value is -5.15. The van der Waals surface area contributed by atoms with Crippen LogP contribution in [0.25, 0.3) is 0 Å². The van der Waals surface area contributed by atoms with Crippen molar-refractivity contribution in [1.82, 2.24) is 9.80 Å². The van der Waals surface area contributed by atoms with E-state index in [1.165, 1.54) is 12.1 Å². The van der Waals surface area contributed by atoms with Crippen LogP contribution in [0.5, 0.6) is 0 Å². The Morgan fingerprint density at radius 3 is 1.32 bits per heavy atom. The zero-order valence-electron chi connectivity index (χ0n) is 31.7. The van der Waals surface area contributed by atoms with Gasteiger partial charge in [0.05, 0.1) is 49.6 Å². The van der Waals surface area contributed by atoms with Crippen molar-refractivity contribution in [3.8, 4) is 0 Å². The van der Waals surface area contributed by atoms with Crippen LogP contribution < -0.4 is 0 Å². The number of methoxy groups -OCH3 is 2. The Kier molecular flexibility index (Phi) is 16.4. The first-order valence-electron chi connectivity index (χ1n) is 18.4. The number of urea groups is 1. The Morgan fingerprint density at radius 1 is 0.554 bits per heavy atom. The minimum atomic E-state index is -1.09. The van der Waals surface area contributed by atoms with Crippen molar-refractivity contribution in [2.75, 3.05) is 54.2 Å². The van der Waals surface area contributed by atoms with E-state index in [1.807, 2.05) is 60.7 Å². The van der Waals surface area contributed by atoms with Crippen LogP contribution in [0.4, 0.5) is 4.79 Å². The van der Waals surface area contributed by atoms with E-state index in [0.29, 0.717) is 37.2 Å². The van der Waals surface area contributed by atoms with Gasteiger partial charge in [0, 0.05) is 27.3 Å². The molecule has 0 aromatic heterocycles. The Balaban J connectivity index is 1.70. The van der Waals surface area contributed by atoms with Crippen LogP contribution in [0.15, 0.2) is 109 Å². The summed E-state index contributed by atoms with van der Waals surface area (Å²) in [7, 11) is 3.16. The second-order valence-corrected chi connectivity index (χ2v) is 13.4. The summed E-state index contributed by atoms with van der Waals surface area (Å²) in [6.45, 7) is 1.01. The van der Waals surface area contributed by atoms with E-state index in [-0.39, 0.29) is 57.0 Å². The molecule has 1 heterocycles. The molecule has 2 N–H and O–H groups in total. The van der Waals surface area contributed by atoms with Crippen LogP contribution in [-0.4, -0.2) is 117 Å². The third-order valence-corrected chi connectivity index (χ3v) is 9.55. The largest absolute Gasteiger partial charge is 0.478 e. The minimum Gasteiger partial charge on any atom is -0.478 e. The number of carbonyl (C=O) groups excluding carboxylic acids is 1. The number of nitrogens with zero attached hydrogens (tertiary/aromatic N) is 2. The summed E-state index contributed by atoms with van der Waals surface area (Å²) in [5, 5.41) is 19.7. The maximum atomic E-state index is 15.5. The molecule has 0 saturated carbocycles. The van der Waals surface area contributed by atoms with Crippen molar-refractivity contribution < 1.29 is 53.0 Å². The second-order valence-electron chi connectivity index (χ2n) is 13.4. The van der Waals surface area contributed by atoms with Gasteiger partial charge in [-0.15, -0.1) is 0 Å². The lowest BCUT2D eigenvalue weighted by Crippen LogP contribution is -2.53. The number of carbonyl (C=O) groups is 3. The first-order valence-corrected chi connectivity index (χ1v) is 18.4. The predicted octanol–water partition coefficient (Wildman–Crippen LogP) is 5.75. The molecule has 13 nitrogen and oxygen atoms in total. The normalized spacial score (nSPS) is 18.5. The lowest BCUT2D eigenvalue weighted by Gasteiger charge is -2.38. The molecule has 0 spiro atoms. The van der Waals surface area contributed by atoms with E-state index in [9.17, 15) is 19.8 Å². The topological polar surface area (TPSA) is 154 Å². The number of hydrogen-bond acceptors (Lipinski definition) is 9. The molecule has 1 saturated heterocycles. The quantitative estimate of drug-likeness (QED) is 0.0742. The molecule has 1 fully saturated rings. The van der Waals surface area contributed by atoms with Crippen molar-refractivity contribution in [3.63, 3.8) is 0 Å². The predicted molar refractivity (Wildman–Crippen MR) is 206 cm³/mol. The van der Waals surface area contributed by atoms with Crippen LogP contribution in [0.1, 0.15) is 43.0 Å². The number of aromatic carboxylic acids is 2. The van der Waals surface area contributed by atoms with Crippen molar-refractivity contribution in [3.05, 3.63) is 143 Å². The fraction of sp³-hybridized carbons (Fsp3) is 0.372. The molecule has 298 valence electrons.